The fourth-order valence-electron chi connectivity index (χ4n) is 1.38. The summed E-state index contributed by atoms with van der Waals surface area (Å²) in [6.45, 7) is 0. The molecule has 1 N–H and O–H groups in total. The van der Waals surface area contributed by atoms with E-state index in [1.165, 1.54) is 0 Å². The number of nitrogens with one attached hydrogen (secondary N) is 1. The van der Waals surface area contributed by atoms with Crippen LogP contribution in [0.1, 0.15) is 5.56 Å². The number of carbonyl (C=O) groups excluding carboxylic acids is 1. The molecule has 0 aliphatic carbocycles. The highest BCUT2D eigenvalue weighted by molar-refractivity contribution is 5.71. The van der Waals surface area contributed by atoms with Gasteiger partial charge < -0.3 is 5.32 Å². The van der Waals surface area contributed by atoms with Crippen LogP contribution in [0, 0.1) is 0 Å². The Morgan fingerprint density at radius 2 is 1.47 bits per heavy atom. The maximum Gasteiger partial charge on any atom is 0.435 e. The van der Waals surface area contributed by atoms with Crippen molar-refractivity contribution in [3.8, 4) is 0 Å². The molecule has 1 aromatic carbocycles. The first kappa shape index (κ1) is 15.3. The summed E-state index contributed by atoms with van der Waals surface area (Å²) in [4.78, 5) is 10.1. The molecule has 0 fully saturated rings. The van der Waals surface area contributed by atoms with Crippen LogP contribution in [-0.4, -0.2) is 18.8 Å². The maximum atomic E-state index is 13.6. The lowest BCUT2D eigenvalue weighted by Gasteiger charge is -2.30. The average Bonchev–Trinajstić information content (AvgIpc) is 2.25. The van der Waals surface area contributed by atoms with Gasteiger partial charge in [0.1, 0.15) is 0 Å². The molecule has 1 amide bonds. The molecule has 0 saturated carbocycles. The summed E-state index contributed by atoms with van der Waals surface area (Å²) < 4.78 is 88.1. The highest BCUT2D eigenvalue weighted by atomic mass is 19.4. The van der Waals surface area contributed by atoms with E-state index in [1.807, 2.05) is 5.32 Å². The van der Waals surface area contributed by atoms with Crippen molar-refractivity contribution in [3.05, 3.63) is 29.8 Å². The van der Waals surface area contributed by atoms with Gasteiger partial charge in [0.25, 0.3) is 0 Å². The van der Waals surface area contributed by atoms with Crippen molar-refractivity contribution < 1.29 is 35.5 Å². The molecule has 0 radical (unpaired) electrons. The van der Waals surface area contributed by atoms with Gasteiger partial charge in [-0.25, -0.2) is 4.39 Å². The van der Waals surface area contributed by atoms with Crippen LogP contribution in [0.4, 0.5) is 36.4 Å². The summed E-state index contributed by atoms with van der Waals surface area (Å²) in [6, 6.07) is 2.41. The maximum absolute atomic E-state index is 13.6. The van der Waals surface area contributed by atoms with Gasteiger partial charge in [-0.3, -0.25) is 4.79 Å². The molecule has 0 spiro atoms. The number of carbonyl (C=O) groups is 1. The second-order valence-electron chi connectivity index (χ2n) is 3.50. The predicted octanol–water partition coefficient (Wildman–Crippen LogP) is 3.54. The summed E-state index contributed by atoms with van der Waals surface area (Å²) in [5.74, 6) is 0. The molecular weight excluding hydrogens is 283 g/mol. The standard InChI is InChI=1S/C10H6F7NO/c11-8(9(12,13)14,10(15,16)17)6-2-1-3-7(4-6)18-5-19/h1-5H,(H,18,19). The van der Waals surface area contributed by atoms with Crippen molar-refractivity contribution in [3.63, 3.8) is 0 Å². The van der Waals surface area contributed by atoms with E-state index in [9.17, 15) is 35.5 Å². The van der Waals surface area contributed by atoms with E-state index >= 15 is 0 Å². The monoisotopic (exact) mass is 289 g/mol. The quantitative estimate of drug-likeness (QED) is 0.669. The van der Waals surface area contributed by atoms with Crippen LogP contribution in [0.3, 0.4) is 0 Å². The van der Waals surface area contributed by atoms with Gasteiger partial charge in [-0.1, -0.05) is 12.1 Å². The Labute approximate surface area is 102 Å². The fourth-order valence-corrected chi connectivity index (χ4v) is 1.38. The first-order valence-corrected chi connectivity index (χ1v) is 4.67. The lowest BCUT2D eigenvalue weighted by molar-refractivity contribution is -0.348. The third-order valence-electron chi connectivity index (χ3n) is 2.27. The number of amides is 1. The Bertz CT molecular complexity index is 452. The Morgan fingerprint density at radius 1 is 0.947 bits per heavy atom. The number of rotatable bonds is 3. The van der Waals surface area contributed by atoms with Crippen LogP contribution in [-0.2, 0) is 10.5 Å². The lowest BCUT2D eigenvalue weighted by Crippen LogP contribution is -2.50. The Balaban J connectivity index is 3.43. The molecule has 2 nitrogen and oxygen atoms in total. The number of alkyl halides is 7. The molecule has 19 heavy (non-hydrogen) atoms. The van der Waals surface area contributed by atoms with Crippen molar-refractivity contribution in [1.82, 2.24) is 0 Å². The normalized spacial score (nSPS) is 13.2. The summed E-state index contributed by atoms with van der Waals surface area (Å²) in [6.07, 6.45) is -12.3. The number of halogens is 7. The number of hydrogen-bond donors (Lipinski definition) is 1. The molecule has 106 valence electrons. The molecule has 0 aliphatic rings. The van der Waals surface area contributed by atoms with Crippen LogP contribution in [0.25, 0.3) is 0 Å². The van der Waals surface area contributed by atoms with Gasteiger partial charge in [0.15, 0.2) is 0 Å². The van der Waals surface area contributed by atoms with E-state index in [2.05, 4.69) is 0 Å². The van der Waals surface area contributed by atoms with Crippen molar-refractivity contribution >= 4 is 12.1 Å². The zero-order valence-electron chi connectivity index (χ0n) is 8.94. The summed E-state index contributed by atoms with van der Waals surface area (Å²) in [7, 11) is 0. The fraction of sp³-hybridized carbons (Fsp3) is 0.300. The zero-order chi connectivity index (χ0) is 14.9. The van der Waals surface area contributed by atoms with Crippen LogP contribution in [0.2, 0.25) is 0 Å². The molecule has 0 aromatic heterocycles. The van der Waals surface area contributed by atoms with E-state index < -0.39 is 23.6 Å². The number of hydrogen-bond acceptors (Lipinski definition) is 1. The van der Waals surface area contributed by atoms with Gasteiger partial charge in [0.05, 0.1) is 0 Å². The van der Waals surface area contributed by atoms with E-state index in [0.29, 0.717) is 6.07 Å². The van der Waals surface area contributed by atoms with Crippen LogP contribution in [0.15, 0.2) is 24.3 Å². The van der Waals surface area contributed by atoms with E-state index in [1.54, 1.807) is 0 Å². The topological polar surface area (TPSA) is 29.1 Å². The van der Waals surface area contributed by atoms with Gasteiger partial charge in [-0.2, -0.15) is 26.3 Å². The Hall–Kier alpha value is -1.80. The summed E-state index contributed by atoms with van der Waals surface area (Å²) in [5.41, 5.74) is -7.54. The zero-order valence-corrected chi connectivity index (χ0v) is 8.94. The molecule has 0 saturated heterocycles. The minimum Gasteiger partial charge on any atom is -0.329 e. The minimum absolute atomic E-state index is 0.0419. The van der Waals surface area contributed by atoms with Crippen LogP contribution in [0.5, 0.6) is 0 Å². The SMILES string of the molecule is O=CNc1cccc(C(F)(C(F)(F)F)C(F)(F)F)c1. The largest absolute Gasteiger partial charge is 0.435 e. The van der Waals surface area contributed by atoms with Gasteiger partial charge in [0, 0.05) is 11.3 Å². The van der Waals surface area contributed by atoms with Crippen molar-refractivity contribution in [2.45, 2.75) is 18.0 Å². The molecule has 1 aromatic rings. The molecule has 0 bridgehead atoms. The van der Waals surface area contributed by atoms with Crippen LogP contribution >= 0.6 is 0 Å². The smallest absolute Gasteiger partial charge is 0.329 e. The second-order valence-corrected chi connectivity index (χ2v) is 3.50. The minimum atomic E-state index is -6.18. The highest BCUT2D eigenvalue weighted by Gasteiger charge is 2.73. The molecule has 1 rings (SSSR count). The molecule has 9 heteroatoms. The number of anilines is 1. The van der Waals surface area contributed by atoms with Gasteiger partial charge in [-0.15, -0.1) is 0 Å². The van der Waals surface area contributed by atoms with Gasteiger partial charge in [0.2, 0.25) is 6.41 Å². The Kier molecular flexibility index (Phi) is 3.78. The Morgan fingerprint density at radius 3 is 1.89 bits per heavy atom. The van der Waals surface area contributed by atoms with E-state index in [4.69, 9.17) is 0 Å². The van der Waals surface area contributed by atoms with Crippen molar-refractivity contribution in [1.29, 1.82) is 0 Å². The number of benzene rings is 1. The first-order valence-electron chi connectivity index (χ1n) is 4.67. The second kappa shape index (κ2) is 4.71. The van der Waals surface area contributed by atoms with Gasteiger partial charge in [-0.05, 0) is 12.1 Å². The average molecular weight is 289 g/mol. The van der Waals surface area contributed by atoms with Gasteiger partial charge >= 0.3 is 18.0 Å². The third kappa shape index (κ3) is 2.64. The van der Waals surface area contributed by atoms with Crippen LogP contribution < -0.4 is 5.32 Å². The predicted molar refractivity (Wildman–Crippen MR) is 51.0 cm³/mol. The third-order valence-corrected chi connectivity index (χ3v) is 2.27. The lowest BCUT2D eigenvalue weighted by atomic mass is 9.94. The van der Waals surface area contributed by atoms with E-state index in [-0.39, 0.29) is 18.2 Å². The van der Waals surface area contributed by atoms with Crippen molar-refractivity contribution in [2.75, 3.05) is 5.32 Å². The van der Waals surface area contributed by atoms with Crippen molar-refractivity contribution in [2.24, 2.45) is 0 Å². The first-order chi connectivity index (χ1) is 8.54. The highest BCUT2D eigenvalue weighted by Crippen LogP contribution is 2.53. The molecule has 0 unspecified atom stereocenters. The molecular formula is C10H6F7NO. The molecule has 0 aliphatic heterocycles. The summed E-state index contributed by atoms with van der Waals surface area (Å²) in [5, 5.41) is 1.84. The summed E-state index contributed by atoms with van der Waals surface area (Å²) >= 11 is 0. The van der Waals surface area contributed by atoms with E-state index in [0.717, 1.165) is 12.1 Å². The molecule has 0 atom stereocenters. The molecule has 0 heterocycles.